The average Bonchev–Trinajstić information content (AvgIpc) is 2.95. The van der Waals surface area contributed by atoms with Gasteiger partial charge in [0.15, 0.2) is 0 Å². The third-order valence-electron chi connectivity index (χ3n) is 6.31. The molecule has 0 bridgehead atoms. The van der Waals surface area contributed by atoms with Crippen LogP contribution in [0.3, 0.4) is 0 Å². The van der Waals surface area contributed by atoms with Crippen molar-refractivity contribution >= 4 is 46.4 Å². The molecule has 1 fully saturated rings. The fourth-order valence-corrected chi connectivity index (χ4v) is 4.29. The van der Waals surface area contributed by atoms with Gasteiger partial charge in [0, 0.05) is 55.9 Å². The summed E-state index contributed by atoms with van der Waals surface area (Å²) in [5, 5.41) is 6.09. The third-order valence-corrected chi connectivity index (χ3v) is 6.64. The number of nitrogens with one attached hydrogen (secondary N) is 2. The minimum atomic E-state index is -0.324. The lowest BCUT2D eigenvalue weighted by Gasteiger charge is -2.27. The van der Waals surface area contributed by atoms with Crippen LogP contribution in [-0.4, -0.2) is 87.2 Å². The van der Waals surface area contributed by atoms with Gasteiger partial charge < -0.3 is 30.1 Å². The first-order valence-electron chi connectivity index (χ1n) is 12.8. The number of ether oxygens (including phenoxy) is 1. The van der Waals surface area contributed by atoms with Gasteiger partial charge in [-0.2, -0.15) is 0 Å². The zero-order valence-corrected chi connectivity index (χ0v) is 23.2. The second-order valence-corrected chi connectivity index (χ2v) is 9.99. The molecule has 39 heavy (non-hydrogen) atoms. The van der Waals surface area contributed by atoms with Crippen LogP contribution < -0.4 is 20.4 Å². The van der Waals surface area contributed by atoms with Gasteiger partial charge in [0.05, 0.1) is 23.9 Å². The Kier molecular flexibility index (Phi) is 9.69. The number of amides is 2. The van der Waals surface area contributed by atoms with E-state index in [1.165, 1.54) is 0 Å². The number of morpholine rings is 1. The molecule has 3 aromatic rings. The quantitative estimate of drug-likeness (QED) is 0.391. The van der Waals surface area contributed by atoms with Crippen LogP contribution in [0.5, 0.6) is 0 Å². The van der Waals surface area contributed by atoms with Crippen LogP contribution in [-0.2, 0) is 4.74 Å². The van der Waals surface area contributed by atoms with Gasteiger partial charge >= 0.3 is 0 Å². The van der Waals surface area contributed by atoms with Crippen molar-refractivity contribution in [1.82, 2.24) is 14.9 Å². The highest BCUT2D eigenvalue weighted by molar-refractivity contribution is 6.34. The summed E-state index contributed by atoms with van der Waals surface area (Å²) in [6, 6.07) is 11.8. The number of aromatic nitrogens is 2. The van der Waals surface area contributed by atoms with Crippen LogP contribution in [0.15, 0.2) is 54.9 Å². The lowest BCUT2D eigenvalue weighted by atomic mass is 10.2. The summed E-state index contributed by atoms with van der Waals surface area (Å²) in [6.45, 7) is 4.49. The van der Waals surface area contributed by atoms with Crippen LogP contribution in [0.4, 0.5) is 23.0 Å². The predicted octanol–water partition coefficient (Wildman–Crippen LogP) is 3.86. The minimum Gasteiger partial charge on any atom is -0.378 e. The van der Waals surface area contributed by atoms with Crippen molar-refractivity contribution in [1.29, 1.82) is 0 Å². The van der Waals surface area contributed by atoms with E-state index < -0.39 is 0 Å². The van der Waals surface area contributed by atoms with E-state index in [9.17, 15) is 9.59 Å². The Morgan fingerprint density at radius 3 is 2.36 bits per heavy atom. The van der Waals surface area contributed by atoms with Crippen molar-refractivity contribution in [2.45, 2.75) is 6.42 Å². The van der Waals surface area contributed by atoms with E-state index in [0.29, 0.717) is 46.6 Å². The summed E-state index contributed by atoms with van der Waals surface area (Å²) in [5.74, 6) is 0.829. The molecule has 0 radical (unpaired) electrons. The Hall–Kier alpha value is -3.73. The highest BCUT2D eigenvalue weighted by Crippen LogP contribution is 2.27. The van der Waals surface area contributed by atoms with Crippen LogP contribution in [0.1, 0.15) is 27.1 Å². The summed E-state index contributed by atoms with van der Waals surface area (Å²) in [7, 11) is 6.03. The van der Waals surface area contributed by atoms with Crippen LogP contribution >= 0.6 is 11.6 Å². The molecule has 0 spiro atoms. The molecule has 0 aliphatic carbocycles. The van der Waals surface area contributed by atoms with Gasteiger partial charge in [-0.05, 0) is 69.5 Å². The van der Waals surface area contributed by atoms with E-state index in [1.807, 2.05) is 26.0 Å². The molecule has 206 valence electrons. The van der Waals surface area contributed by atoms with Crippen molar-refractivity contribution in [3.63, 3.8) is 0 Å². The van der Waals surface area contributed by atoms with E-state index in [1.54, 1.807) is 54.9 Å². The molecule has 2 aromatic heterocycles. The first kappa shape index (κ1) is 28.3. The molecule has 1 aliphatic rings. The number of rotatable bonds is 10. The number of nitrogens with zero attached hydrogens (tertiary/aromatic N) is 5. The van der Waals surface area contributed by atoms with Gasteiger partial charge in [-0.3, -0.25) is 9.59 Å². The number of benzene rings is 1. The fraction of sp³-hybridized carbons (Fsp3) is 0.357. The first-order valence-corrected chi connectivity index (χ1v) is 13.2. The maximum atomic E-state index is 13.1. The number of hydrogen-bond donors (Lipinski definition) is 2. The van der Waals surface area contributed by atoms with Gasteiger partial charge in [-0.15, -0.1) is 0 Å². The molecule has 10 nitrogen and oxygen atoms in total. The van der Waals surface area contributed by atoms with Crippen molar-refractivity contribution < 1.29 is 14.3 Å². The highest BCUT2D eigenvalue weighted by Gasteiger charge is 2.16. The number of carbonyl (C=O) groups is 2. The molecule has 0 unspecified atom stereocenters. The molecule has 4 rings (SSSR count). The third kappa shape index (κ3) is 7.89. The molecule has 0 saturated carbocycles. The van der Waals surface area contributed by atoms with E-state index >= 15 is 0 Å². The second-order valence-electron chi connectivity index (χ2n) is 9.59. The minimum absolute atomic E-state index is 0.289. The van der Waals surface area contributed by atoms with Gasteiger partial charge in [-0.1, -0.05) is 11.6 Å². The molecule has 1 saturated heterocycles. The summed E-state index contributed by atoms with van der Waals surface area (Å²) in [5.41, 5.74) is 1.82. The zero-order chi connectivity index (χ0) is 27.8. The molecular weight excluding hydrogens is 518 g/mol. The Bertz CT molecular complexity index is 1300. The Balaban J connectivity index is 1.41. The standard InChI is InChI=1S/C28H34ClN7O3/c1-34(2)11-4-12-35(3)25-17-20(7-9-30-25)28(38)33-24-19-22(5-6-23(24)29)32-27(37)21-8-10-31-26(18-21)36-13-15-39-16-14-36/h5-10,17-19H,4,11-16H2,1-3H3,(H,32,37)(H,33,38). The van der Waals surface area contributed by atoms with E-state index in [2.05, 4.69) is 30.4 Å². The second kappa shape index (κ2) is 13.4. The van der Waals surface area contributed by atoms with Crippen molar-refractivity contribution in [2.75, 3.05) is 81.0 Å². The monoisotopic (exact) mass is 551 g/mol. The first-order chi connectivity index (χ1) is 18.8. The summed E-state index contributed by atoms with van der Waals surface area (Å²) < 4.78 is 5.40. The lowest BCUT2D eigenvalue weighted by Crippen LogP contribution is -2.36. The normalized spacial score (nSPS) is 13.3. The van der Waals surface area contributed by atoms with E-state index in [-0.39, 0.29) is 11.8 Å². The molecule has 3 heterocycles. The molecule has 0 atom stereocenters. The number of pyridine rings is 2. The van der Waals surface area contributed by atoms with Gasteiger partial charge in [0.1, 0.15) is 11.6 Å². The van der Waals surface area contributed by atoms with E-state index in [4.69, 9.17) is 16.3 Å². The Labute approximate surface area is 233 Å². The van der Waals surface area contributed by atoms with Crippen molar-refractivity contribution in [3.8, 4) is 0 Å². The lowest BCUT2D eigenvalue weighted by molar-refractivity contribution is 0.101. The van der Waals surface area contributed by atoms with Gasteiger partial charge in [-0.25, -0.2) is 9.97 Å². The van der Waals surface area contributed by atoms with Gasteiger partial charge in [0.25, 0.3) is 11.8 Å². The zero-order valence-electron chi connectivity index (χ0n) is 22.5. The maximum absolute atomic E-state index is 13.1. The summed E-state index contributed by atoms with van der Waals surface area (Å²) in [6.07, 6.45) is 4.21. The van der Waals surface area contributed by atoms with E-state index in [0.717, 1.165) is 38.4 Å². The van der Waals surface area contributed by atoms with Crippen molar-refractivity contribution in [3.05, 3.63) is 71.0 Å². The fourth-order valence-electron chi connectivity index (χ4n) is 4.13. The molecule has 11 heteroatoms. The number of halogens is 1. The molecular formula is C28H34ClN7O3. The Morgan fingerprint density at radius 2 is 1.62 bits per heavy atom. The molecule has 2 N–H and O–H groups in total. The number of anilines is 4. The predicted molar refractivity (Wildman–Crippen MR) is 155 cm³/mol. The topological polar surface area (TPSA) is 103 Å². The average molecular weight is 552 g/mol. The number of carbonyl (C=O) groups excluding carboxylic acids is 2. The molecule has 2 amide bonds. The van der Waals surface area contributed by atoms with Crippen LogP contribution in [0.25, 0.3) is 0 Å². The molecule has 1 aromatic carbocycles. The van der Waals surface area contributed by atoms with Crippen LogP contribution in [0, 0.1) is 0 Å². The SMILES string of the molecule is CN(C)CCCN(C)c1cc(C(=O)Nc2cc(NC(=O)c3ccnc(N4CCOCC4)c3)ccc2Cl)ccn1. The van der Waals surface area contributed by atoms with Crippen molar-refractivity contribution in [2.24, 2.45) is 0 Å². The number of hydrogen-bond acceptors (Lipinski definition) is 8. The smallest absolute Gasteiger partial charge is 0.255 e. The van der Waals surface area contributed by atoms with Crippen LogP contribution in [0.2, 0.25) is 5.02 Å². The summed E-state index contributed by atoms with van der Waals surface area (Å²) in [4.78, 5) is 41.1. The molecule has 1 aliphatic heterocycles. The highest BCUT2D eigenvalue weighted by atomic mass is 35.5. The summed E-state index contributed by atoms with van der Waals surface area (Å²) >= 11 is 6.38. The maximum Gasteiger partial charge on any atom is 0.255 e. The Morgan fingerprint density at radius 1 is 0.923 bits per heavy atom. The largest absolute Gasteiger partial charge is 0.378 e. The van der Waals surface area contributed by atoms with Gasteiger partial charge in [0.2, 0.25) is 0 Å².